The third kappa shape index (κ3) is 3.46. The van der Waals surface area contributed by atoms with Gasteiger partial charge in [0.05, 0.1) is 4.90 Å². The number of halogens is 2. The molecular formula is C17H18Cl2N2O2S. The minimum absolute atomic E-state index is 0.0804. The van der Waals surface area contributed by atoms with E-state index in [1.165, 1.54) is 22.5 Å². The third-order valence-electron chi connectivity index (χ3n) is 4.41. The number of sulfonamides is 1. The molecule has 128 valence electrons. The van der Waals surface area contributed by atoms with E-state index in [9.17, 15) is 8.42 Å². The van der Waals surface area contributed by atoms with E-state index in [2.05, 4.69) is 0 Å². The van der Waals surface area contributed by atoms with Crippen LogP contribution in [-0.2, 0) is 10.0 Å². The Morgan fingerprint density at radius 2 is 1.67 bits per heavy atom. The lowest BCUT2D eigenvalue weighted by Crippen LogP contribution is -2.30. The van der Waals surface area contributed by atoms with Crippen molar-refractivity contribution in [3.8, 4) is 0 Å². The highest BCUT2D eigenvalue weighted by Crippen LogP contribution is 2.36. The first-order valence-corrected chi connectivity index (χ1v) is 9.82. The smallest absolute Gasteiger partial charge is 0.243 e. The van der Waals surface area contributed by atoms with E-state index in [1.807, 2.05) is 30.3 Å². The zero-order valence-corrected chi connectivity index (χ0v) is 15.2. The standard InChI is InChI=1S/C17H18Cl2N2O2S/c18-14-6-15(19)8-16(7-14)24(22,23)21-10-13(9-20)17(11-21)12-4-2-1-3-5-12/h1-8,13,17H,9-11,20H2/t13-,17+/m1/s1. The normalized spacial score (nSPS) is 22.0. The van der Waals surface area contributed by atoms with E-state index < -0.39 is 10.0 Å². The molecule has 4 nitrogen and oxygen atoms in total. The van der Waals surface area contributed by atoms with Crippen LogP contribution < -0.4 is 5.73 Å². The molecule has 1 aliphatic rings. The van der Waals surface area contributed by atoms with Crippen molar-refractivity contribution in [2.75, 3.05) is 19.6 Å². The highest BCUT2D eigenvalue weighted by atomic mass is 35.5. The molecule has 0 amide bonds. The fraction of sp³-hybridized carbons (Fsp3) is 0.294. The van der Waals surface area contributed by atoms with Gasteiger partial charge in [0, 0.05) is 29.1 Å². The molecule has 0 aromatic heterocycles. The second-order valence-corrected chi connectivity index (χ2v) is 8.75. The van der Waals surface area contributed by atoms with Crippen LogP contribution in [0, 0.1) is 5.92 Å². The lowest BCUT2D eigenvalue weighted by Gasteiger charge is -2.17. The van der Waals surface area contributed by atoms with Crippen LogP contribution in [0.3, 0.4) is 0 Å². The molecule has 1 heterocycles. The Kier molecular flexibility index (Phi) is 5.18. The van der Waals surface area contributed by atoms with Gasteiger partial charge in [0.1, 0.15) is 0 Å². The van der Waals surface area contributed by atoms with Crippen LogP contribution in [0.15, 0.2) is 53.4 Å². The molecule has 0 unspecified atom stereocenters. The summed E-state index contributed by atoms with van der Waals surface area (Å²) in [7, 11) is -3.66. The molecule has 7 heteroatoms. The lowest BCUT2D eigenvalue weighted by molar-refractivity contribution is 0.459. The Hall–Kier alpha value is -1.11. The molecule has 2 atom stereocenters. The molecule has 0 bridgehead atoms. The summed E-state index contributed by atoms with van der Waals surface area (Å²) in [6.07, 6.45) is 0. The van der Waals surface area contributed by atoms with Gasteiger partial charge < -0.3 is 5.73 Å². The molecule has 1 saturated heterocycles. The van der Waals surface area contributed by atoms with Crippen molar-refractivity contribution >= 4 is 33.2 Å². The van der Waals surface area contributed by atoms with Crippen molar-refractivity contribution < 1.29 is 8.42 Å². The maximum absolute atomic E-state index is 12.9. The van der Waals surface area contributed by atoms with E-state index in [-0.39, 0.29) is 16.7 Å². The molecule has 3 rings (SSSR count). The Bertz CT molecular complexity index is 807. The predicted molar refractivity (Wildman–Crippen MR) is 96.9 cm³/mol. The molecule has 0 aliphatic carbocycles. The zero-order chi connectivity index (χ0) is 17.3. The van der Waals surface area contributed by atoms with E-state index in [1.54, 1.807) is 0 Å². The van der Waals surface area contributed by atoms with Gasteiger partial charge in [-0.25, -0.2) is 8.42 Å². The first-order chi connectivity index (χ1) is 11.4. The second kappa shape index (κ2) is 7.02. The van der Waals surface area contributed by atoms with Crippen molar-refractivity contribution in [2.45, 2.75) is 10.8 Å². The summed E-state index contributed by atoms with van der Waals surface area (Å²) >= 11 is 11.9. The Balaban J connectivity index is 1.92. The number of rotatable bonds is 4. The lowest BCUT2D eigenvalue weighted by atomic mass is 9.89. The van der Waals surface area contributed by atoms with Crippen LogP contribution in [0.5, 0.6) is 0 Å². The summed E-state index contributed by atoms with van der Waals surface area (Å²) < 4.78 is 27.4. The largest absolute Gasteiger partial charge is 0.330 e. The Morgan fingerprint density at radius 1 is 1.04 bits per heavy atom. The van der Waals surface area contributed by atoms with E-state index in [0.717, 1.165) is 5.56 Å². The SMILES string of the molecule is NC[C@@H]1CN(S(=O)(=O)c2cc(Cl)cc(Cl)c2)C[C@H]1c1ccccc1. The van der Waals surface area contributed by atoms with Crippen LogP contribution in [0.2, 0.25) is 10.0 Å². The van der Waals surface area contributed by atoms with Crippen molar-refractivity contribution in [2.24, 2.45) is 11.7 Å². The Morgan fingerprint density at radius 3 is 2.25 bits per heavy atom. The quantitative estimate of drug-likeness (QED) is 0.878. The van der Waals surface area contributed by atoms with Gasteiger partial charge in [-0.1, -0.05) is 53.5 Å². The van der Waals surface area contributed by atoms with Gasteiger partial charge in [-0.3, -0.25) is 0 Å². The van der Waals surface area contributed by atoms with E-state index >= 15 is 0 Å². The summed E-state index contributed by atoms with van der Waals surface area (Å²) in [5, 5.41) is 0.602. The zero-order valence-electron chi connectivity index (χ0n) is 12.9. The number of benzene rings is 2. The molecule has 2 aromatic rings. The maximum Gasteiger partial charge on any atom is 0.243 e. The van der Waals surface area contributed by atoms with Crippen LogP contribution >= 0.6 is 23.2 Å². The summed E-state index contributed by atoms with van der Waals surface area (Å²) in [4.78, 5) is 0.115. The van der Waals surface area contributed by atoms with Gasteiger partial charge in [-0.2, -0.15) is 4.31 Å². The predicted octanol–water partition coefficient (Wildman–Crippen LogP) is 3.36. The number of hydrogen-bond donors (Lipinski definition) is 1. The van der Waals surface area contributed by atoms with Crippen molar-refractivity contribution in [3.63, 3.8) is 0 Å². The van der Waals surface area contributed by atoms with Gasteiger partial charge in [-0.05, 0) is 36.2 Å². The molecular weight excluding hydrogens is 367 g/mol. The molecule has 24 heavy (non-hydrogen) atoms. The topological polar surface area (TPSA) is 63.4 Å². The molecule has 0 radical (unpaired) electrons. The first-order valence-electron chi connectivity index (χ1n) is 7.63. The van der Waals surface area contributed by atoms with Crippen LogP contribution in [0.25, 0.3) is 0 Å². The van der Waals surface area contributed by atoms with Gasteiger partial charge in [0.2, 0.25) is 10.0 Å². The first kappa shape index (κ1) is 17.7. The second-order valence-electron chi connectivity index (χ2n) is 5.94. The summed E-state index contributed by atoms with van der Waals surface area (Å²) in [6, 6.07) is 14.2. The fourth-order valence-electron chi connectivity index (χ4n) is 3.17. The van der Waals surface area contributed by atoms with Crippen molar-refractivity contribution in [1.82, 2.24) is 4.31 Å². The van der Waals surface area contributed by atoms with Crippen LogP contribution in [0.1, 0.15) is 11.5 Å². The average Bonchev–Trinajstić information content (AvgIpc) is 3.00. The highest BCUT2D eigenvalue weighted by molar-refractivity contribution is 7.89. The summed E-state index contributed by atoms with van der Waals surface area (Å²) in [5.74, 6) is 0.164. The number of nitrogens with two attached hydrogens (primary N) is 1. The van der Waals surface area contributed by atoms with Crippen LogP contribution in [-0.4, -0.2) is 32.4 Å². The van der Waals surface area contributed by atoms with Crippen molar-refractivity contribution in [3.05, 3.63) is 64.1 Å². The fourth-order valence-corrected chi connectivity index (χ4v) is 5.42. The van der Waals surface area contributed by atoms with Gasteiger partial charge in [0.15, 0.2) is 0 Å². The number of hydrogen-bond acceptors (Lipinski definition) is 3. The molecule has 0 saturated carbocycles. The van der Waals surface area contributed by atoms with E-state index in [0.29, 0.717) is 29.7 Å². The van der Waals surface area contributed by atoms with Gasteiger partial charge in [0.25, 0.3) is 0 Å². The molecule has 1 fully saturated rings. The Labute approximate surface area is 152 Å². The number of nitrogens with zero attached hydrogens (tertiary/aromatic N) is 1. The summed E-state index contributed by atoms with van der Waals surface area (Å²) in [5.41, 5.74) is 7.00. The van der Waals surface area contributed by atoms with Gasteiger partial charge >= 0.3 is 0 Å². The monoisotopic (exact) mass is 384 g/mol. The molecule has 0 spiro atoms. The molecule has 2 aromatic carbocycles. The third-order valence-corrected chi connectivity index (χ3v) is 6.66. The molecule has 2 N–H and O–H groups in total. The summed E-state index contributed by atoms with van der Waals surface area (Å²) in [6.45, 7) is 1.22. The minimum atomic E-state index is -3.66. The molecule has 1 aliphatic heterocycles. The minimum Gasteiger partial charge on any atom is -0.330 e. The maximum atomic E-state index is 12.9. The average molecular weight is 385 g/mol. The van der Waals surface area contributed by atoms with Crippen LogP contribution in [0.4, 0.5) is 0 Å². The highest BCUT2D eigenvalue weighted by Gasteiger charge is 2.39. The van der Waals surface area contributed by atoms with Gasteiger partial charge in [-0.15, -0.1) is 0 Å². The van der Waals surface area contributed by atoms with Crippen molar-refractivity contribution in [1.29, 1.82) is 0 Å². The van der Waals surface area contributed by atoms with E-state index in [4.69, 9.17) is 28.9 Å².